The third-order valence-corrected chi connectivity index (χ3v) is 8.56. The van der Waals surface area contributed by atoms with Gasteiger partial charge in [0.15, 0.2) is 0 Å². The second kappa shape index (κ2) is 9.99. The second-order valence-electron chi connectivity index (χ2n) is 7.34. The fourth-order valence-electron chi connectivity index (χ4n) is 3.42. The molecular formula is C25H21ClN2O5S2. The number of ether oxygens (including phenoxy) is 2. The van der Waals surface area contributed by atoms with Gasteiger partial charge < -0.3 is 20.5 Å². The Bertz CT molecular complexity index is 1480. The summed E-state index contributed by atoms with van der Waals surface area (Å²) in [6.07, 6.45) is 0. The van der Waals surface area contributed by atoms with E-state index in [1.807, 2.05) is 0 Å². The van der Waals surface area contributed by atoms with Gasteiger partial charge in [-0.25, -0.2) is 8.42 Å². The van der Waals surface area contributed by atoms with Gasteiger partial charge in [-0.05, 0) is 60.7 Å². The lowest BCUT2D eigenvalue weighted by atomic mass is 10.1. The molecule has 0 atom stereocenters. The Labute approximate surface area is 212 Å². The normalized spacial score (nSPS) is 11.2. The Morgan fingerprint density at radius 2 is 1.60 bits per heavy atom. The van der Waals surface area contributed by atoms with Crippen LogP contribution in [0.1, 0.15) is 15.2 Å². The number of anilines is 3. The lowest BCUT2D eigenvalue weighted by molar-refractivity contribution is 0.104. The Kier molecular flexibility index (Phi) is 7.02. The second-order valence-corrected chi connectivity index (χ2v) is 10.7. The average Bonchev–Trinajstić information content (AvgIpc) is 3.20. The molecule has 0 aliphatic heterocycles. The van der Waals surface area contributed by atoms with E-state index >= 15 is 0 Å². The zero-order valence-corrected chi connectivity index (χ0v) is 21.1. The van der Waals surface area contributed by atoms with Crippen molar-refractivity contribution in [2.45, 2.75) is 9.79 Å². The van der Waals surface area contributed by atoms with E-state index in [-0.39, 0.29) is 25.4 Å². The van der Waals surface area contributed by atoms with Gasteiger partial charge in [-0.2, -0.15) is 0 Å². The fraction of sp³-hybridized carbons (Fsp3) is 0.0800. The lowest BCUT2D eigenvalue weighted by Gasteiger charge is -2.12. The van der Waals surface area contributed by atoms with Crippen LogP contribution in [-0.4, -0.2) is 28.4 Å². The highest BCUT2D eigenvalue weighted by atomic mass is 35.5. The molecule has 0 aliphatic rings. The van der Waals surface area contributed by atoms with Crippen molar-refractivity contribution < 1.29 is 22.7 Å². The van der Waals surface area contributed by atoms with Crippen molar-refractivity contribution >= 4 is 54.9 Å². The van der Waals surface area contributed by atoms with Crippen LogP contribution in [0.5, 0.6) is 11.5 Å². The van der Waals surface area contributed by atoms with Crippen molar-refractivity contribution in [3.63, 3.8) is 0 Å². The number of carbonyl (C=O) groups excluding carboxylic acids is 1. The first-order valence-corrected chi connectivity index (χ1v) is 13.0. The number of para-hydroxylation sites is 2. The average molecular weight is 529 g/mol. The highest BCUT2D eigenvalue weighted by molar-refractivity contribution is 7.92. The van der Waals surface area contributed by atoms with Crippen molar-refractivity contribution in [3.05, 3.63) is 88.3 Å². The van der Waals surface area contributed by atoms with E-state index in [1.165, 1.54) is 38.5 Å². The number of thiophene rings is 1. The number of nitrogens with one attached hydrogen (secondary N) is 1. The zero-order chi connectivity index (χ0) is 25.2. The van der Waals surface area contributed by atoms with E-state index in [0.717, 1.165) is 11.3 Å². The molecule has 1 heterocycles. The molecule has 0 fully saturated rings. The SMILES string of the molecule is COc1ccc(C(=O)c2sc(Nc3ccccc3OC)c(S(=O)(=O)c3ccc(Cl)cc3)c2N)cc1. The number of sulfone groups is 1. The summed E-state index contributed by atoms with van der Waals surface area (Å²) in [7, 11) is -1.08. The van der Waals surface area contributed by atoms with Gasteiger partial charge in [-0.1, -0.05) is 23.7 Å². The fourth-order valence-corrected chi connectivity index (χ4v) is 6.47. The number of halogens is 1. The van der Waals surface area contributed by atoms with Crippen LogP contribution < -0.4 is 20.5 Å². The lowest BCUT2D eigenvalue weighted by Crippen LogP contribution is -2.08. The molecule has 0 aliphatic carbocycles. The minimum atomic E-state index is -4.11. The number of methoxy groups -OCH3 is 2. The summed E-state index contributed by atoms with van der Waals surface area (Å²) in [5.74, 6) is 0.679. The summed E-state index contributed by atoms with van der Waals surface area (Å²) in [6.45, 7) is 0. The first kappa shape index (κ1) is 24.6. The topological polar surface area (TPSA) is 108 Å². The highest BCUT2D eigenvalue weighted by Gasteiger charge is 2.32. The van der Waals surface area contributed by atoms with Crippen molar-refractivity contribution in [2.75, 3.05) is 25.3 Å². The summed E-state index contributed by atoms with van der Waals surface area (Å²) >= 11 is 6.91. The number of carbonyl (C=O) groups is 1. The molecule has 3 N–H and O–H groups in total. The molecule has 0 bridgehead atoms. The van der Waals surface area contributed by atoms with Crippen LogP contribution in [-0.2, 0) is 9.84 Å². The monoisotopic (exact) mass is 528 g/mol. The van der Waals surface area contributed by atoms with Crippen molar-refractivity contribution in [1.82, 2.24) is 0 Å². The minimum Gasteiger partial charge on any atom is -0.497 e. The molecule has 7 nitrogen and oxygen atoms in total. The molecule has 35 heavy (non-hydrogen) atoms. The van der Waals surface area contributed by atoms with E-state index in [2.05, 4.69) is 5.32 Å². The molecule has 0 radical (unpaired) electrons. The van der Waals surface area contributed by atoms with Crippen LogP contribution in [0.3, 0.4) is 0 Å². The molecule has 0 amide bonds. The number of ketones is 1. The molecule has 0 unspecified atom stereocenters. The number of hydrogen-bond acceptors (Lipinski definition) is 8. The smallest absolute Gasteiger partial charge is 0.211 e. The van der Waals surface area contributed by atoms with Crippen LogP contribution in [0.2, 0.25) is 5.02 Å². The van der Waals surface area contributed by atoms with E-state index in [1.54, 1.807) is 48.5 Å². The van der Waals surface area contributed by atoms with Crippen LogP contribution >= 0.6 is 22.9 Å². The number of benzene rings is 3. The zero-order valence-electron chi connectivity index (χ0n) is 18.7. The third kappa shape index (κ3) is 4.84. The van der Waals surface area contributed by atoms with Gasteiger partial charge in [0, 0.05) is 10.6 Å². The third-order valence-electron chi connectivity index (χ3n) is 5.21. The number of nitrogens with two attached hydrogens (primary N) is 1. The first-order chi connectivity index (χ1) is 16.8. The van der Waals surface area contributed by atoms with Gasteiger partial charge >= 0.3 is 0 Å². The Morgan fingerprint density at radius 3 is 2.23 bits per heavy atom. The van der Waals surface area contributed by atoms with Crippen molar-refractivity contribution in [3.8, 4) is 11.5 Å². The van der Waals surface area contributed by atoms with Crippen LogP contribution in [0.25, 0.3) is 0 Å². The summed E-state index contributed by atoms with van der Waals surface area (Å²) in [4.78, 5) is 13.2. The van der Waals surface area contributed by atoms with Gasteiger partial charge in [-0.15, -0.1) is 11.3 Å². The van der Waals surface area contributed by atoms with Gasteiger partial charge in [-0.3, -0.25) is 4.79 Å². The van der Waals surface area contributed by atoms with Crippen molar-refractivity contribution in [1.29, 1.82) is 0 Å². The quantitative estimate of drug-likeness (QED) is 0.278. The Hall–Kier alpha value is -3.53. The molecule has 4 rings (SSSR count). The van der Waals surface area contributed by atoms with Gasteiger partial charge in [0.1, 0.15) is 26.3 Å². The van der Waals surface area contributed by atoms with E-state index in [4.69, 9.17) is 26.8 Å². The summed E-state index contributed by atoms with van der Waals surface area (Å²) < 4.78 is 37.9. The predicted octanol–water partition coefficient (Wildman–Crippen LogP) is 5.81. The van der Waals surface area contributed by atoms with Crippen LogP contribution in [0.4, 0.5) is 16.4 Å². The van der Waals surface area contributed by atoms with Gasteiger partial charge in [0.05, 0.1) is 30.5 Å². The standard InChI is InChI=1S/C25H21ClN2O5S2/c1-32-17-11-7-15(8-12-17)22(29)23-21(27)24(35(30,31)18-13-9-16(26)10-14-18)25(34-23)28-19-5-3-4-6-20(19)33-2/h3-14,28H,27H2,1-2H3. The molecule has 180 valence electrons. The van der Waals surface area contributed by atoms with Gasteiger partial charge in [0.2, 0.25) is 15.6 Å². The number of hydrogen-bond donors (Lipinski definition) is 2. The van der Waals surface area contributed by atoms with Crippen LogP contribution in [0.15, 0.2) is 82.6 Å². The number of nitrogen functional groups attached to an aromatic ring is 1. The van der Waals surface area contributed by atoms with Crippen LogP contribution in [0, 0.1) is 0 Å². The minimum absolute atomic E-state index is 0.00192. The van der Waals surface area contributed by atoms with E-state index in [9.17, 15) is 13.2 Å². The Morgan fingerprint density at radius 1 is 0.943 bits per heavy atom. The maximum atomic E-state index is 13.7. The predicted molar refractivity (Wildman–Crippen MR) is 138 cm³/mol. The molecular weight excluding hydrogens is 508 g/mol. The maximum absolute atomic E-state index is 13.7. The summed E-state index contributed by atoms with van der Waals surface area (Å²) in [6, 6.07) is 19.3. The van der Waals surface area contributed by atoms with E-state index in [0.29, 0.717) is 27.8 Å². The Balaban J connectivity index is 1.88. The molecule has 3 aromatic carbocycles. The molecule has 0 saturated heterocycles. The number of rotatable bonds is 8. The van der Waals surface area contributed by atoms with Crippen molar-refractivity contribution in [2.24, 2.45) is 0 Å². The molecule has 10 heteroatoms. The summed E-state index contributed by atoms with van der Waals surface area (Å²) in [5.41, 5.74) is 7.09. The first-order valence-electron chi connectivity index (χ1n) is 10.3. The highest BCUT2D eigenvalue weighted by Crippen LogP contribution is 2.45. The maximum Gasteiger partial charge on any atom is 0.211 e. The molecule has 1 aromatic heterocycles. The molecule has 0 spiro atoms. The largest absolute Gasteiger partial charge is 0.497 e. The summed E-state index contributed by atoms with van der Waals surface area (Å²) in [5, 5.41) is 3.69. The molecule has 4 aromatic rings. The van der Waals surface area contributed by atoms with E-state index < -0.39 is 15.6 Å². The molecule has 0 saturated carbocycles. The van der Waals surface area contributed by atoms with Gasteiger partial charge in [0.25, 0.3) is 0 Å².